The molecule has 0 aliphatic carbocycles. The fraction of sp³-hybridized carbons (Fsp3) is 0.538. The minimum absolute atomic E-state index is 0.192. The number of hydrogen-bond acceptors (Lipinski definition) is 4. The molecule has 17 heavy (non-hydrogen) atoms. The number of benzene rings is 1. The molecule has 2 N–H and O–H groups in total. The van der Waals surface area contributed by atoms with Gasteiger partial charge in [-0.15, -0.1) is 0 Å². The summed E-state index contributed by atoms with van der Waals surface area (Å²) in [5.41, 5.74) is 2.47. The number of aliphatic hydroxyl groups is 2. The first-order valence-corrected chi connectivity index (χ1v) is 5.91. The lowest BCUT2D eigenvalue weighted by Gasteiger charge is -2.19. The molecular weight excluding hydrogens is 218 g/mol. The normalized spacial score (nSPS) is 15.8. The van der Waals surface area contributed by atoms with Gasteiger partial charge in [-0.3, -0.25) is 4.90 Å². The van der Waals surface area contributed by atoms with Crippen molar-refractivity contribution in [2.45, 2.75) is 19.1 Å². The van der Waals surface area contributed by atoms with Gasteiger partial charge in [-0.1, -0.05) is 12.1 Å². The smallest absolute Gasteiger partial charge is 0.122 e. The minimum atomic E-state index is -0.669. The van der Waals surface area contributed by atoms with Gasteiger partial charge in [0.05, 0.1) is 19.3 Å². The van der Waals surface area contributed by atoms with Crippen molar-refractivity contribution in [3.63, 3.8) is 0 Å². The minimum Gasteiger partial charge on any atom is -0.493 e. The zero-order valence-electron chi connectivity index (χ0n) is 10.1. The Balaban J connectivity index is 1.94. The lowest BCUT2D eigenvalue weighted by molar-refractivity contribution is 0.0648. The van der Waals surface area contributed by atoms with Crippen LogP contribution in [0.3, 0.4) is 0 Å². The quantitative estimate of drug-likeness (QED) is 0.778. The Kier molecular flexibility index (Phi) is 3.99. The van der Waals surface area contributed by atoms with Gasteiger partial charge < -0.3 is 14.9 Å². The molecule has 1 heterocycles. The first-order chi connectivity index (χ1) is 8.19. The Morgan fingerprint density at radius 3 is 3.06 bits per heavy atom. The molecule has 0 bridgehead atoms. The molecule has 1 atom stereocenters. The van der Waals surface area contributed by atoms with Gasteiger partial charge in [-0.2, -0.15) is 0 Å². The molecule has 0 amide bonds. The van der Waals surface area contributed by atoms with Crippen LogP contribution in [-0.2, 0) is 13.0 Å². The Bertz CT molecular complexity index is 381. The van der Waals surface area contributed by atoms with E-state index in [1.165, 1.54) is 11.1 Å². The Labute approximate surface area is 101 Å². The third kappa shape index (κ3) is 3.19. The van der Waals surface area contributed by atoms with Crippen molar-refractivity contribution in [3.8, 4) is 5.75 Å². The van der Waals surface area contributed by atoms with Crippen molar-refractivity contribution in [1.29, 1.82) is 0 Å². The number of rotatable bonds is 5. The van der Waals surface area contributed by atoms with Gasteiger partial charge in [0.15, 0.2) is 0 Å². The summed E-state index contributed by atoms with van der Waals surface area (Å²) in [5, 5.41) is 18.1. The largest absolute Gasteiger partial charge is 0.493 e. The van der Waals surface area contributed by atoms with Gasteiger partial charge in [-0.05, 0) is 24.2 Å². The molecule has 1 aliphatic rings. The molecule has 1 aromatic carbocycles. The predicted molar refractivity (Wildman–Crippen MR) is 65.1 cm³/mol. The highest BCUT2D eigenvalue weighted by Crippen LogP contribution is 2.26. The van der Waals surface area contributed by atoms with E-state index < -0.39 is 6.10 Å². The van der Waals surface area contributed by atoms with Gasteiger partial charge in [0.25, 0.3) is 0 Å². The molecule has 0 fully saturated rings. The summed E-state index contributed by atoms with van der Waals surface area (Å²) in [7, 11) is 1.93. The Morgan fingerprint density at radius 1 is 1.47 bits per heavy atom. The highest BCUT2D eigenvalue weighted by Gasteiger charge is 2.13. The molecule has 2 rings (SSSR count). The van der Waals surface area contributed by atoms with Crippen molar-refractivity contribution in [2.75, 3.05) is 26.8 Å². The van der Waals surface area contributed by atoms with Crippen LogP contribution in [0.5, 0.6) is 5.75 Å². The van der Waals surface area contributed by atoms with Crippen molar-refractivity contribution in [3.05, 3.63) is 29.3 Å². The highest BCUT2D eigenvalue weighted by atomic mass is 16.5. The molecule has 0 aromatic heterocycles. The molecule has 1 aromatic rings. The third-order valence-electron chi connectivity index (χ3n) is 2.94. The summed E-state index contributed by atoms with van der Waals surface area (Å²) < 4.78 is 5.45. The zero-order valence-corrected chi connectivity index (χ0v) is 10.1. The number of hydrogen-bond donors (Lipinski definition) is 2. The molecule has 0 radical (unpaired) electrons. The molecule has 1 unspecified atom stereocenters. The van der Waals surface area contributed by atoms with E-state index in [-0.39, 0.29) is 6.61 Å². The SMILES string of the molecule is CN(Cc1ccc2c(c1)CCO2)CC(O)CO. The maximum absolute atomic E-state index is 9.35. The van der Waals surface area contributed by atoms with Gasteiger partial charge in [0.1, 0.15) is 5.75 Å². The molecule has 4 heteroatoms. The number of fused-ring (bicyclic) bond motifs is 1. The second-order valence-corrected chi connectivity index (χ2v) is 4.57. The van der Waals surface area contributed by atoms with Crippen LogP contribution in [0.2, 0.25) is 0 Å². The summed E-state index contributed by atoms with van der Waals surface area (Å²) in [6.45, 7) is 1.83. The zero-order chi connectivity index (χ0) is 12.3. The van der Waals surface area contributed by atoms with E-state index >= 15 is 0 Å². The standard InChI is InChI=1S/C13H19NO3/c1-14(8-12(16)9-15)7-10-2-3-13-11(6-10)4-5-17-13/h2-3,6,12,15-16H,4-5,7-9H2,1H3. The second-order valence-electron chi connectivity index (χ2n) is 4.57. The fourth-order valence-corrected chi connectivity index (χ4v) is 2.13. The number of nitrogens with zero attached hydrogens (tertiary/aromatic N) is 1. The summed E-state index contributed by atoms with van der Waals surface area (Å²) in [4.78, 5) is 2.00. The maximum Gasteiger partial charge on any atom is 0.122 e. The lowest BCUT2D eigenvalue weighted by atomic mass is 10.1. The monoisotopic (exact) mass is 237 g/mol. The molecule has 1 aliphatic heterocycles. The third-order valence-corrected chi connectivity index (χ3v) is 2.94. The number of ether oxygens (including phenoxy) is 1. The van der Waals surface area contributed by atoms with E-state index in [2.05, 4.69) is 6.07 Å². The molecule has 0 saturated heterocycles. The van der Waals surface area contributed by atoms with Crippen LogP contribution < -0.4 is 4.74 Å². The van der Waals surface area contributed by atoms with Crippen molar-refractivity contribution in [1.82, 2.24) is 4.90 Å². The second kappa shape index (κ2) is 5.49. The topological polar surface area (TPSA) is 52.9 Å². The van der Waals surface area contributed by atoms with Crippen LogP contribution >= 0.6 is 0 Å². The van der Waals surface area contributed by atoms with Crippen LogP contribution in [0.4, 0.5) is 0 Å². The summed E-state index contributed by atoms with van der Waals surface area (Å²) in [5.74, 6) is 0.992. The van der Waals surface area contributed by atoms with Crippen molar-refractivity contribution < 1.29 is 14.9 Å². The van der Waals surface area contributed by atoms with E-state index in [9.17, 15) is 5.11 Å². The first-order valence-electron chi connectivity index (χ1n) is 5.91. The molecule has 0 spiro atoms. The summed E-state index contributed by atoms with van der Waals surface area (Å²) in [6.07, 6.45) is 0.310. The van der Waals surface area contributed by atoms with Crippen molar-refractivity contribution >= 4 is 0 Å². The number of aliphatic hydroxyl groups excluding tert-OH is 2. The molecule has 4 nitrogen and oxygen atoms in total. The lowest BCUT2D eigenvalue weighted by Crippen LogP contribution is -2.30. The molecular formula is C13H19NO3. The van der Waals surface area contributed by atoms with E-state index in [1.54, 1.807) is 0 Å². The van der Waals surface area contributed by atoms with E-state index in [0.717, 1.165) is 25.3 Å². The van der Waals surface area contributed by atoms with Gasteiger partial charge >= 0.3 is 0 Å². The maximum atomic E-state index is 9.35. The summed E-state index contributed by atoms with van der Waals surface area (Å²) in [6, 6.07) is 6.21. The predicted octanol–water partition coefficient (Wildman–Crippen LogP) is 0.407. The van der Waals surface area contributed by atoms with Gasteiger partial charge in [-0.25, -0.2) is 0 Å². The highest BCUT2D eigenvalue weighted by molar-refractivity contribution is 5.39. The first kappa shape index (κ1) is 12.4. The van der Waals surface area contributed by atoms with Gasteiger partial charge in [0.2, 0.25) is 0 Å². The Morgan fingerprint density at radius 2 is 2.29 bits per heavy atom. The van der Waals surface area contributed by atoms with Gasteiger partial charge in [0, 0.05) is 19.5 Å². The van der Waals surface area contributed by atoms with E-state index in [1.807, 2.05) is 24.1 Å². The van der Waals surface area contributed by atoms with Crippen LogP contribution in [-0.4, -0.2) is 48.0 Å². The average molecular weight is 237 g/mol. The van der Waals surface area contributed by atoms with E-state index in [0.29, 0.717) is 6.54 Å². The van der Waals surface area contributed by atoms with Crippen LogP contribution in [0.1, 0.15) is 11.1 Å². The fourth-order valence-electron chi connectivity index (χ4n) is 2.13. The van der Waals surface area contributed by atoms with E-state index in [4.69, 9.17) is 9.84 Å². The number of likely N-dealkylation sites (N-methyl/N-ethyl adjacent to an activating group) is 1. The van der Waals surface area contributed by atoms with Crippen molar-refractivity contribution in [2.24, 2.45) is 0 Å². The molecule has 0 saturated carbocycles. The van der Waals surface area contributed by atoms with Crippen LogP contribution in [0.15, 0.2) is 18.2 Å². The van der Waals surface area contributed by atoms with Crippen LogP contribution in [0.25, 0.3) is 0 Å². The molecule has 94 valence electrons. The Hall–Kier alpha value is -1.10. The summed E-state index contributed by atoms with van der Waals surface area (Å²) >= 11 is 0. The average Bonchev–Trinajstić information content (AvgIpc) is 2.75. The van der Waals surface area contributed by atoms with Crippen LogP contribution in [0, 0.1) is 0 Å².